The van der Waals surface area contributed by atoms with Gasteiger partial charge in [0, 0.05) is 25.7 Å². The van der Waals surface area contributed by atoms with Gasteiger partial charge in [0.2, 0.25) is 0 Å². The normalized spacial score (nSPS) is 26.8. The Morgan fingerprint density at radius 2 is 2.10 bits per heavy atom. The lowest BCUT2D eigenvalue weighted by Gasteiger charge is -2.43. The molecule has 1 aliphatic heterocycles. The molecule has 0 radical (unpaired) electrons. The first-order valence-corrected chi connectivity index (χ1v) is 9.13. The van der Waals surface area contributed by atoms with E-state index in [4.69, 9.17) is 9.84 Å². The van der Waals surface area contributed by atoms with E-state index in [2.05, 4.69) is 39.4 Å². The molecule has 2 atom stereocenters. The molecule has 1 aromatic heterocycles. The van der Waals surface area contributed by atoms with Gasteiger partial charge in [-0.3, -0.25) is 9.58 Å². The molecule has 1 aromatic rings. The number of rotatable bonds is 4. The van der Waals surface area contributed by atoms with E-state index < -0.39 is 0 Å². The minimum absolute atomic E-state index is 0.454. The molecule has 1 aliphatic carbocycles. The number of hydrogen-bond acceptors (Lipinski definition) is 3. The van der Waals surface area contributed by atoms with Crippen LogP contribution in [0.2, 0.25) is 0 Å². The Morgan fingerprint density at radius 3 is 2.86 bits per heavy atom. The van der Waals surface area contributed by atoms with E-state index in [1.807, 2.05) is 0 Å². The average Bonchev–Trinajstić information content (AvgIpc) is 2.83. The van der Waals surface area contributed by atoms with Gasteiger partial charge in [-0.05, 0) is 42.1 Å². The average molecular weight is 356 g/mol. The van der Waals surface area contributed by atoms with Gasteiger partial charge >= 0.3 is 0 Å². The second kappa shape index (κ2) is 6.80. The Bertz CT molecular complexity index is 486. The molecule has 5 heteroatoms. The van der Waals surface area contributed by atoms with Crippen LogP contribution in [0.3, 0.4) is 0 Å². The summed E-state index contributed by atoms with van der Waals surface area (Å²) >= 11 is 3.78. The summed E-state index contributed by atoms with van der Waals surface area (Å²) in [6, 6.07) is 0.602. The first-order valence-electron chi connectivity index (χ1n) is 8.34. The minimum Gasteiger partial charge on any atom is -0.375 e. The van der Waals surface area contributed by atoms with Gasteiger partial charge in [-0.15, -0.1) is 0 Å². The van der Waals surface area contributed by atoms with Crippen LogP contribution in [0.1, 0.15) is 50.9 Å². The first-order chi connectivity index (χ1) is 10.2. The van der Waals surface area contributed by atoms with E-state index in [-0.39, 0.29) is 0 Å². The van der Waals surface area contributed by atoms with Crippen LogP contribution in [0.15, 0.2) is 4.47 Å². The fourth-order valence-corrected chi connectivity index (χ4v) is 4.42. The van der Waals surface area contributed by atoms with Gasteiger partial charge in [0.1, 0.15) is 0 Å². The van der Waals surface area contributed by atoms with Crippen molar-refractivity contribution >= 4 is 15.9 Å². The maximum atomic E-state index is 5.99. The number of aryl methyl sites for hydroxylation is 2. The Morgan fingerprint density at radius 1 is 1.29 bits per heavy atom. The summed E-state index contributed by atoms with van der Waals surface area (Å²) in [7, 11) is 0. The van der Waals surface area contributed by atoms with Crippen molar-refractivity contribution in [2.75, 3.05) is 13.2 Å². The van der Waals surface area contributed by atoms with Crippen LogP contribution in [-0.2, 0) is 24.2 Å². The molecule has 1 saturated carbocycles. The number of halogens is 1. The molecular weight excluding hydrogens is 330 g/mol. The third-order valence-electron chi connectivity index (χ3n) is 4.89. The number of fused-ring (bicyclic) bond motifs is 1. The third kappa shape index (κ3) is 3.06. The zero-order valence-corrected chi connectivity index (χ0v) is 14.7. The van der Waals surface area contributed by atoms with Crippen LogP contribution < -0.4 is 0 Å². The minimum atomic E-state index is 0.454. The molecule has 1 saturated heterocycles. The molecule has 0 amide bonds. The van der Waals surface area contributed by atoms with E-state index in [1.165, 1.54) is 41.5 Å². The van der Waals surface area contributed by atoms with Gasteiger partial charge < -0.3 is 4.74 Å². The summed E-state index contributed by atoms with van der Waals surface area (Å²) in [5, 5.41) is 4.73. The van der Waals surface area contributed by atoms with Crippen molar-refractivity contribution in [3.05, 3.63) is 15.9 Å². The van der Waals surface area contributed by atoms with Crippen molar-refractivity contribution in [2.24, 2.45) is 0 Å². The maximum Gasteiger partial charge on any atom is 0.0767 e. The molecule has 118 valence electrons. The third-order valence-corrected chi connectivity index (χ3v) is 5.81. The van der Waals surface area contributed by atoms with Gasteiger partial charge in [0.05, 0.1) is 28.6 Å². The highest BCUT2D eigenvalue weighted by atomic mass is 79.9. The molecule has 2 fully saturated rings. The summed E-state index contributed by atoms with van der Waals surface area (Å²) in [4.78, 5) is 2.63. The highest BCUT2D eigenvalue weighted by Crippen LogP contribution is 2.31. The topological polar surface area (TPSA) is 30.3 Å². The Hall–Kier alpha value is -0.390. The van der Waals surface area contributed by atoms with E-state index >= 15 is 0 Å². The zero-order chi connectivity index (χ0) is 14.8. The van der Waals surface area contributed by atoms with Crippen LogP contribution in [0.4, 0.5) is 0 Å². The van der Waals surface area contributed by atoms with Gasteiger partial charge in [-0.1, -0.05) is 19.8 Å². The summed E-state index contributed by atoms with van der Waals surface area (Å²) < 4.78 is 9.36. The Balaban J connectivity index is 1.80. The number of ether oxygens (including phenoxy) is 1. The second-order valence-corrected chi connectivity index (χ2v) is 6.90. The van der Waals surface area contributed by atoms with Gasteiger partial charge in [-0.25, -0.2) is 0 Å². The Labute approximate surface area is 136 Å². The summed E-state index contributed by atoms with van der Waals surface area (Å²) in [5.41, 5.74) is 2.51. The molecule has 0 spiro atoms. The largest absolute Gasteiger partial charge is 0.375 e. The fraction of sp³-hybridized carbons (Fsp3) is 0.812. The fourth-order valence-electron chi connectivity index (χ4n) is 3.73. The molecule has 2 unspecified atom stereocenters. The SMILES string of the molecule is CCc1nn(CC)c(CN2CCOC3CCCCC32)c1Br. The van der Waals surface area contributed by atoms with Crippen LogP contribution >= 0.6 is 15.9 Å². The van der Waals surface area contributed by atoms with Crippen molar-refractivity contribution in [1.29, 1.82) is 0 Å². The lowest BCUT2D eigenvalue weighted by Crippen LogP contribution is -2.52. The predicted molar refractivity (Wildman–Crippen MR) is 87.4 cm³/mol. The van der Waals surface area contributed by atoms with E-state index in [0.29, 0.717) is 12.1 Å². The molecule has 4 nitrogen and oxygen atoms in total. The molecule has 2 heterocycles. The van der Waals surface area contributed by atoms with Gasteiger partial charge in [-0.2, -0.15) is 5.10 Å². The summed E-state index contributed by atoms with van der Waals surface area (Å²) in [5.74, 6) is 0. The lowest BCUT2D eigenvalue weighted by molar-refractivity contribution is -0.0918. The highest BCUT2D eigenvalue weighted by Gasteiger charge is 2.34. The molecule has 0 bridgehead atoms. The molecule has 0 aromatic carbocycles. The monoisotopic (exact) mass is 355 g/mol. The number of aromatic nitrogens is 2. The smallest absolute Gasteiger partial charge is 0.0767 e. The second-order valence-electron chi connectivity index (χ2n) is 6.11. The van der Waals surface area contributed by atoms with E-state index in [9.17, 15) is 0 Å². The van der Waals surface area contributed by atoms with E-state index in [0.717, 1.165) is 32.7 Å². The van der Waals surface area contributed by atoms with Crippen molar-refractivity contribution in [1.82, 2.24) is 14.7 Å². The van der Waals surface area contributed by atoms with Crippen LogP contribution in [0.25, 0.3) is 0 Å². The summed E-state index contributed by atoms with van der Waals surface area (Å²) in [6.45, 7) is 8.19. The quantitative estimate of drug-likeness (QED) is 0.829. The van der Waals surface area contributed by atoms with Crippen LogP contribution in [0.5, 0.6) is 0 Å². The molecule has 2 aliphatic rings. The number of hydrogen-bond donors (Lipinski definition) is 0. The molecule has 0 N–H and O–H groups in total. The zero-order valence-electron chi connectivity index (χ0n) is 13.1. The standard InChI is InChI=1S/C16H26BrN3O/c1-3-12-16(17)14(20(4-2)18-12)11-19-9-10-21-15-8-6-5-7-13(15)19/h13,15H,3-11H2,1-2H3. The van der Waals surface area contributed by atoms with E-state index in [1.54, 1.807) is 0 Å². The van der Waals surface area contributed by atoms with Gasteiger partial charge in [0.15, 0.2) is 0 Å². The summed E-state index contributed by atoms with van der Waals surface area (Å²) in [6.07, 6.45) is 6.62. The number of morpholine rings is 1. The first kappa shape index (κ1) is 15.5. The van der Waals surface area contributed by atoms with Crippen molar-refractivity contribution < 1.29 is 4.74 Å². The van der Waals surface area contributed by atoms with Crippen molar-refractivity contribution in [3.8, 4) is 0 Å². The maximum absolute atomic E-state index is 5.99. The van der Waals surface area contributed by atoms with Gasteiger partial charge in [0.25, 0.3) is 0 Å². The predicted octanol–water partition coefficient (Wildman–Crippen LogP) is 3.37. The van der Waals surface area contributed by atoms with Crippen LogP contribution in [0, 0.1) is 0 Å². The Kier molecular flexibility index (Phi) is 5.02. The molecular formula is C16H26BrN3O. The van der Waals surface area contributed by atoms with Crippen LogP contribution in [-0.4, -0.2) is 40.0 Å². The van der Waals surface area contributed by atoms with Crippen molar-refractivity contribution in [3.63, 3.8) is 0 Å². The highest BCUT2D eigenvalue weighted by molar-refractivity contribution is 9.10. The molecule has 21 heavy (non-hydrogen) atoms. The van der Waals surface area contributed by atoms with Crippen molar-refractivity contribution in [2.45, 2.75) is 71.2 Å². The molecule has 3 rings (SSSR count). The number of nitrogens with zero attached hydrogens (tertiary/aromatic N) is 3. The lowest BCUT2D eigenvalue weighted by atomic mass is 9.90.